The molecule has 0 saturated heterocycles. The molecule has 0 bridgehead atoms. The summed E-state index contributed by atoms with van der Waals surface area (Å²) in [7, 11) is 0. The fraction of sp³-hybridized carbons (Fsp3) is 0.312. The van der Waals surface area contributed by atoms with Gasteiger partial charge in [0.2, 0.25) is 5.88 Å². The van der Waals surface area contributed by atoms with Gasteiger partial charge in [-0.15, -0.1) is 0 Å². The molecule has 0 atom stereocenters. The van der Waals surface area contributed by atoms with Crippen LogP contribution in [0.15, 0.2) is 24.3 Å². The van der Waals surface area contributed by atoms with E-state index in [0.29, 0.717) is 18.2 Å². The molecule has 0 spiro atoms. The Morgan fingerprint density at radius 3 is 2.71 bits per heavy atom. The van der Waals surface area contributed by atoms with Crippen LogP contribution in [-0.2, 0) is 6.54 Å². The Bertz CT molecular complexity index is 646. The monoisotopic (exact) mass is 308 g/mol. The van der Waals surface area contributed by atoms with Gasteiger partial charge in [-0.05, 0) is 44.2 Å². The Morgan fingerprint density at radius 2 is 2.05 bits per heavy atom. The maximum atomic E-state index is 13.5. The van der Waals surface area contributed by atoms with Gasteiger partial charge in [-0.2, -0.15) is 0 Å². The Morgan fingerprint density at radius 1 is 1.29 bits per heavy atom. The lowest BCUT2D eigenvalue weighted by molar-refractivity contribution is 0.447. The minimum absolute atomic E-state index is 0.0728. The molecule has 5 heteroatoms. The van der Waals surface area contributed by atoms with Crippen molar-refractivity contribution in [3.63, 3.8) is 0 Å². The summed E-state index contributed by atoms with van der Waals surface area (Å²) >= 11 is 5.68. The maximum absolute atomic E-state index is 13.5. The van der Waals surface area contributed by atoms with Crippen LogP contribution in [-0.4, -0.2) is 11.5 Å². The zero-order valence-corrected chi connectivity index (χ0v) is 13.1. The number of nitrogens with zero attached hydrogens (tertiary/aromatic N) is 1. The van der Waals surface area contributed by atoms with E-state index < -0.39 is 5.82 Å². The van der Waals surface area contributed by atoms with Crippen molar-refractivity contribution in [3.05, 3.63) is 51.9 Å². The molecule has 1 aromatic heterocycles. The minimum Gasteiger partial charge on any atom is -0.439 e. The Hall–Kier alpha value is -1.65. The van der Waals surface area contributed by atoms with E-state index in [0.717, 1.165) is 23.4 Å². The highest BCUT2D eigenvalue weighted by molar-refractivity contribution is 6.30. The lowest BCUT2D eigenvalue weighted by atomic mass is 10.1. The van der Waals surface area contributed by atoms with Crippen LogP contribution in [0, 0.1) is 19.7 Å². The minimum atomic E-state index is -0.508. The molecule has 0 amide bonds. The Labute approximate surface area is 129 Å². The van der Waals surface area contributed by atoms with Crippen molar-refractivity contribution in [1.29, 1.82) is 0 Å². The van der Waals surface area contributed by atoms with Crippen LogP contribution >= 0.6 is 11.6 Å². The summed E-state index contributed by atoms with van der Waals surface area (Å²) in [5.74, 6) is 0.370. The molecule has 0 aliphatic heterocycles. The largest absolute Gasteiger partial charge is 0.439 e. The third-order valence-electron chi connectivity index (χ3n) is 3.09. The number of halogens is 2. The van der Waals surface area contributed by atoms with E-state index >= 15 is 0 Å². The van der Waals surface area contributed by atoms with Gasteiger partial charge < -0.3 is 10.1 Å². The first-order chi connectivity index (χ1) is 10.0. The van der Waals surface area contributed by atoms with Crippen LogP contribution < -0.4 is 10.1 Å². The molecule has 1 N–H and O–H groups in total. The predicted molar refractivity (Wildman–Crippen MR) is 82.6 cm³/mol. The van der Waals surface area contributed by atoms with Gasteiger partial charge in [0.1, 0.15) is 11.6 Å². The van der Waals surface area contributed by atoms with Crippen molar-refractivity contribution in [2.45, 2.75) is 27.3 Å². The van der Waals surface area contributed by atoms with Crippen molar-refractivity contribution in [2.24, 2.45) is 0 Å². The van der Waals surface area contributed by atoms with Crippen LogP contribution in [0.5, 0.6) is 11.6 Å². The number of hydrogen-bond acceptors (Lipinski definition) is 3. The molecule has 112 valence electrons. The molecule has 2 aromatic rings. The Kier molecular flexibility index (Phi) is 5.15. The van der Waals surface area contributed by atoms with E-state index in [-0.39, 0.29) is 5.02 Å². The summed E-state index contributed by atoms with van der Waals surface area (Å²) in [6.07, 6.45) is 0. The quantitative estimate of drug-likeness (QED) is 0.889. The van der Waals surface area contributed by atoms with Gasteiger partial charge in [0.15, 0.2) is 0 Å². The summed E-state index contributed by atoms with van der Waals surface area (Å²) < 4.78 is 19.3. The molecule has 0 aliphatic rings. The smallest absolute Gasteiger partial charge is 0.224 e. The van der Waals surface area contributed by atoms with E-state index in [4.69, 9.17) is 16.3 Å². The Balaban J connectivity index is 2.35. The van der Waals surface area contributed by atoms with E-state index in [1.54, 1.807) is 6.07 Å². The molecule has 0 saturated carbocycles. The van der Waals surface area contributed by atoms with Gasteiger partial charge in [0.25, 0.3) is 0 Å². The van der Waals surface area contributed by atoms with Gasteiger partial charge >= 0.3 is 0 Å². The topological polar surface area (TPSA) is 34.2 Å². The lowest BCUT2D eigenvalue weighted by Gasteiger charge is -2.14. The molecule has 1 aromatic carbocycles. The first kappa shape index (κ1) is 15.7. The van der Waals surface area contributed by atoms with Crippen LogP contribution in [0.25, 0.3) is 0 Å². The number of hydrogen-bond donors (Lipinski definition) is 1. The van der Waals surface area contributed by atoms with Gasteiger partial charge in [0, 0.05) is 23.9 Å². The third-order valence-corrected chi connectivity index (χ3v) is 3.40. The van der Waals surface area contributed by atoms with Crippen molar-refractivity contribution in [1.82, 2.24) is 10.3 Å². The molecule has 2 rings (SSSR count). The number of rotatable bonds is 5. The summed E-state index contributed by atoms with van der Waals surface area (Å²) in [6.45, 7) is 7.45. The predicted octanol–water partition coefficient (Wildman–Crippen LogP) is 4.39. The number of pyridine rings is 1. The van der Waals surface area contributed by atoms with Crippen LogP contribution in [0.1, 0.15) is 23.7 Å². The molecular weight excluding hydrogens is 291 g/mol. The second-order valence-corrected chi connectivity index (χ2v) is 5.23. The highest BCUT2D eigenvalue weighted by Gasteiger charge is 2.12. The van der Waals surface area contributed by atoms with E-state index in [9.17, 15) is 4.39 Å². The summed E-state index contributed by atoms with van der Waals surface area (Å²) in [5.41, 5.74) is 2.92. The standard InChI is InChI=1S/C16H18ClFN2O/c1-4-19-9-13-10(2)7-11(3)20-16(13)21-12-5-6-14(17)15(18)8-12/h5-8,19H,4,9H2,1-3H3. The van der Waals surface area contributed by atoms with Crippen LogP contribution in [0.2, 0.25) is 5.02 Å². The SMILES string of the molecule is CCNCc1c(C)cc(C)nc1Oc1ccc(Cl)c(F)c1. The lowest BCUT2D eigenvalue weighted by Crippen LogP contribution is -2.14. The first-order valence-electron chi connectivity index (χ1n) is 6.82. The van der Waals surface area contributed by atoms with Crippen molar-refractivity contribution in [3.8, 4) is 11.6 Å². The summed E-state index contributed by atoms with van der Waals surface area (Å²) in [4.78, 5) is 4.42. The normalized spacial score (nSPS) is 10.7. The second-order valence-electron chi connectivity index (χ2n) is 4.82. The number of aromatic nitrogens is 1. The summed E-state index contributed by atoms with van der Waals surface area (Å²) in [5, 5.41) is 3.33. The zero-order chi connectivity index (χ0) is 15.4. The molecule has 0 fully saturated rings. The number of nitrogens with one attached hydrogen (secondary N) is 1. The van der Waals surface area contributed by atoms with Gasteiger partial charge in [-0.1, -0.05) is 18.5 Å². The van der Waals surface area contributed by atoms with Crippen molar-refractivity contribution >= 4 is 11.6 Å². The molecule has 0 radical (unpaired) electrons. The number of ether oxygens (including phenoxy) is 1. The highest BCUT2D eigenvalue weighted by Crippen LogP contribution is 2.28. The average Bonchev–Trinajstić information content (AvgIpc) is 2.42. The third kappa shape index (κ3) is 3.93. The molecule has 3 nitrogen and oxygen atoms in total. The van der Waals surface area contributed by atoms with E-state index in [2.05, 4.69) is 10.3 Å². The first-order valence-corrected chi connectivity index (χ1v) is 7.19. The van der Waals surface area contributed by atoms with Gasteiger partial charge in [-0.25, -0.2) is 9.37 Å². The fourth-order valence-electron chi connectivity index (χ4n) is 2.03. The second kappa shape index (κ2) is 6.87. The van der Waals surface area contributed by atoms with Crippen molar-refractivity contribution < 1.29 is 9.13 Å². The molecule has 0 unspecified atom stereocenters. The molecule has 0 aliphatic carbocycles. The molecule has 1 heterocycles. The fourth-order valence-corrected chi connectivity index (χ4v) is 2.15. The summed E-state index contributed by atoms with van der Waals surface area (Å²) in [6, 6.07) is 6.36. The van der Waals surface area contributed by atoms with Crippen LogP contribution in [0.3, 0.4) is 0 Å². The number of benzene rings is 1. The molecule has 21 heavy (non-hydrogen) atoms. The highest BCUT2D eigenvalue weighted by atomic mass is 35.5. The average molecular weight is 309 g/mol. The van der Waals surface area contributed by atoms with E-state index in [1.807, 2.05) is 26.8 Å². The maximum Gasteiger partial charge on any atom is 0.224 e. The molecular formula is C16H18ClFN2O. The zero-order valence-electron chi connectivity index (χ0n) is 12.3. The number of aryl methyl sites for hydroxylation is 2. The van der Waals surface area contributed by atoms with Crippen LogP contribution in [0.4, 0.5) is 4.39 Å². The van der Waals surface area contributed by atoms with Crippen molar-refractivity contribution in [2.75, 3.05) is 6.54 Å². The van der Waals surface area contributed by atoms with Gasteiger partial charge in [0.05, 0.1) is 5.02 Å². The van der Waals surface area contributed by atoms with E-state index in [1.165, 1.54) is 12.1 Å². The van der Waals surface area contributed by atoms with Gasteiger partial charge in [-0.3, -0.25) is 0 Å².